The number of H-pyrrole nitrogens is 1. The number of carbonyl (C=O) groups is 2. The first-order valence-electron chi connectivity index (χ1n) is 10.9. The molecule has 2 atom stereocenters. The van der Waals surface area contributed by atoms with Crippen LogP contribution in [0.4, 0.5) is 16.3 Å². The van der Waals surface area contributed by atoms with Gasteiger partial charge in [-0.2, -0.15) is 0 Å². The fourth-order valence-corrected chi connectivity index (χ4v) is 5.19. The van der Waals surface area contributed by atoms with Gasteiger partial charge >= 0.3 is 6.03 Å². The first-order chi connectivity index (χ1) is 16.2. The van der Waals surface area contributed by atoms with Crippen molar-refractivity contribution in [3.8, 4) is 0 Å². The van der Waals surface area contributed by atoms with E-state index < -0.39 is 15.9 Å². The van der Waals surface area contributed by atoms with Crippen molar-refractivity contribution in [1.82, 2.24) is 24.6 Å². The number of sulfonamides is 1. The van der Waals surface area contributed by atoms with E-state index in [1.54, 1.807) is 4.90 Å². The van der Waals surface area contributed by atoms with Crippen LogP contribution in [0, 0.1) is 5.92 Å². The zero-order chi connectivity index (χ0) is 24.5. The number of nitrogens with one attached hydrogen (secondary N) is 3. The molecule has 3 N–H and O–H groups in total. The molecule has 12 heteroatoms. The number of likely N-dealkylation sites (tertiary alicyclic amines) is 1. The summed E-state index contributed by atoms with van der Waals surface area (Å²) in [5.41, 5.74) is 1.22. The van der Waals surface area contributed by atoms with E-state index in [0.29, 0.717) is 24.7 Å². The zero-order valence-corrected chi connectivity index (χ0v) is 20.0. The largest absolute Gasteiger partial charge is 0.354 e. The van der Waals surface area contributed by atoms with Gasteiger partial charge in [-0.15, -0.1) is 0 Å². The molecule has 11 nitrogen and oxygen atoms in total. The first-order valence-corrected chi connectivity index (χ1v) is 12.3. The van der Waals surface area contributed by atoms with Crippen LogP contribution in [-0.4, -0.2) is 66.4 Å². The molecular weight excluding hydrogens is 458 g/mol. The SMILES string of the molecule is CC(=O)NS(=O)(=O)c1ccc(NC(=O)N2CCC(C)C(N(C)c3ncnc4[nH]ccc34)C2)cc1. The lowest BCUT2D eigenvalue weighted by Gasteiger charge is -2.42. The Hall–Kier alpha value is -3.67. The number of hydrogen-bond donors (Lipinski definition) is 3. The molecule has 34 heavy (non-hydrogen) atoms. The van der Waals surface area contributed by atoms with E-state index >= 15 is 0 Å². The molecule has 2 unspecified atom stereocenters. The number of aromatic nitrogens is 3. The van der Waals surface area contributed by atoms with Gasteiger partial charge in [0.05, 0.1) is 16.3 Å². The van der Waals surface area contributed by atoms with Crippen LogP contribution in [0.25, 0.3) is 11.0 Å². The lowest BCUT2D eigenvalue weighted by Crippen LogP contribution is -2.53. The Kier molecular flexibility index (Phi) is 6.42. The van der Waals surface area contributed by atoms with Crippen LogP contribution in [0.1, 0.15) is 20.3 Å². The highest BCUT2D eigenvalue weighted by Crippen LogP contribution is 2.29. The lowest BCUT2D eigenvalue weighted by atomic mass is 9.92. The summed E-state index contributed by atoms with van der Waals surface area (Å²) >= 11 is 0. The number of fused-ring (bicyclic) bond motifs is 1. The summed E-state index contributed by atoms with van der Waals surface area (Å²) in [5.74, 6) is 0.480. The molecule has 0 radical (unpaired) electrons. The van der Waals surface area contributed by atoms with Gasteiger partial charge in [0.1, 0.15) is 17.8 Å². The summed E-state index contributed by atoms with van der Waals surface area (Å²) in [6.45, 7) is 4.41. The average Bonchev–Trinajstić information content (AvgIpc) is 3.27. The highest BCUT2D eigenvalue weighted by molar-refractivity contribution is 7.90. The Morgan fingerprint density at radius 1 is 1.18 bits per heavy atom. The third-order valence-electron chi connectivity index (χ3n) is 6.06. The zero-order valence-electron chi connectivity index (χ0n) is 19.1. The Morgan fingerprint density at radius 2 is 1.91 bits per heavy atom. The van der Waals surface area contributed by atoms with Crippen molar-refractivity contribution in [2.75, 3.05) is 30.4 Å². The molecule has 180 valence electrons. The number of anilines is 2. The van der Waals surface area contributed by atoms with Crippen molar-refractivity contribution >= 4 is 44.5 Å². The summed E-state index contributed by atoms with van der Waals surface area (Å²) in [6, 6.07) is 7.39. The van der Waals surface area contributed by atoms with E-state index in [-0.39, 0.29) is 17.0 Å². The van der Waals surface area contributed by atoms with Gasteiger partial charge in [0.2, 0.25) is 5.91 Å². The monoisotopic (exact) mass is 485 g/mol. The van der Waals surface area contributed by atoms with E-state index in [9.17, 15) is 18.0 Å². The van der Waals surface area contributed by atoms with Crippen LogP contribution >= 0.6 is 0 Å². The Morgan fingerprint density at radius 3 is 2.62 bits per heavy atom. The average molecular weight is 486 g/mol. The number of likely N-dealkylation sites (N-methyl/N-ethyl adjacent to an activating group) is 1. The molecule has 0 spiro atoms. The minimum Gasteiger partial charge on any atom is -0.354 e. The maximum atomic E-state index is 13.0. The molecule has 3 amide bonds. The number of benzene rings is 1. The normalized spacial score (nSPS) is 18.5. The van der Waals surface area contributed by atoms with Crippen molar-refractivity contribution in [2.24, 2.45) is 5.92 Å². The summed E-state index contributed by atoms with van der Waals surface area (Å²) < 4.78 is 26.1. The third-order valence-corrected chi connectivity index (χ3v) is 7.51. The number of amides is 3. The van der Waals surface area contributed by atoms with Gasteiger partial charge in [0.15, 0.2) is 0 Å². The second-order valence-corrected chi connectivity index (χ2v) is 10.1. The Labute approximate surface area is 197 Å². The van der Waals surface area contributed by atoms with Crippen LogP contribution in [0.3, 0.4) is 0 Å². The van der Waals surface area contributed by atoms with Gasteiger partial charge in [0.25, 0.3) is 10.0 Å². The van der Waals surface area contributed by atoms with Crippen LogP contribution in [-0.2, 0) is 14.8 Å². The van der Waals surface area contributed by atoms with E-state index in [4.69, 9.17) is 0 Å². The predicted octanol–water partition coefficient (Wildman–Crippen LogP) is 2.16. The second kappa shape index (κ2) is 9.29. The summed E-state index contributed by atoms with van der Waals surface area (Å²) in [7, 11) is -1.95. The van der Waals surface area contributed by atoms with Crippen molar-refractivity contribution < 1.29 is 18.0 Å². The molecule has 1 fully saturated rings. The summed E-state index contributed by atoms with van der Waals surface area (Å²) in [6.07, 6.45) is 4.18. The maximum Gasteiger partial charge on any atom is 0.321 e. The smallest absolute Gasteiger partial charge is 0.321 e. The molecule has 1 saturated heterocycles. The number of piperidine rings is 1. The Balaban J connectivity index is 1.45. The molecule has 1 aliphatic rings. The van der Waals surface area contributed by atoms with Crippen molar-refractivity contribution in [3.05, 3.63) is 42.9 Å². The second-order valence-electron chi connectivity index (χ2n) is 8.44. The molecule has 0 aliphatic carbocycles. The van der Waals surface area contributed by atoms with Gasteiger partial charge in [0, 0.05) is 38.9 Å². The molecule has 4 rings (SSSR count). The van der Waals surface area contributed by atoms with Crippen molar-refractivity contribution in [2.45, 2.75) is 31.2 Å². The van der Waals surface area contributed by atoms with Crippen LogP contribution in [0.5, 0.6) is 0 Å². The van der Waals surface area contributed by atoms with Gasteiger partial charge < -0.3 is 20.1 Å². The fraction of sp³-hybridized carbons (Fsp3) is 0.364. The van der Waals surface area contributed by atoms with Gasteiger partial charge in [-0.3, -0.25) is 4.79 Å². The van der Waals surface area contributed by atoms with E-state index in [1.165, 1.54) is 30.6 Å². The molecule has 1 aliphatic heterocycles. The van der Waals surface area contributed by atoms with Crippen molar-refractivity contribution in [3.63, 3.8) is 0 Å². The summed E-state index contributed by atoms with van der Waals surface area (Å²) in [4.78, 5) is 39.7. The molecule has 3 aromatic rings. The number of hydrogen-bond acceptors (Lipinski definition) is 7. The molecule has 0 saturated carbocycles. The van der Waals surface area contributed by atoms with Gasteiger partial charge in [-0.1, -0.05) is 6.92 Å². The van der Waals surface area contributed by atoms with E-state index in [2.05, 4.69) is 32.1 Å². The van der Waals surface area contributed by atoms with Crippen LogP contribution in [0.2, 0.25) is 0 Å². The summed E-state index contributed by atoms with van der Waals surface area (Å²) in [5, 5.41) is 3.75. The van der Waals surface area contributed by atoms with Crippen LogP contribution < -0.4 is 14.9 Å². The number of rotatable bonds is 5. The number of urea groups is 1. The number of aromatic amines is 1. The lowest BCUT2D eigenvalue weighted by molar-refractivity contribution is -0.117. The Bertz CT molecular complexity index is 1310. The third kappa shape index (κ3) is 4.81. The standard InChI is InChI=1S/C22H27N7O4S/c1-14-9-11-29(12-19(14)28(3)21-18-8-10-23-20(18)24-13-25-21)22(31)26-16-4-6-17(7-5-16)34(32,33)27-15(2)30/h4-8,10,13-14,19H,9,11-12H2,1-3H3,(H,26,31)(H,27,30)(H,23,24,25). The van der Waals surface area contributed by atoms with Crippen LogP contribution in [0.15, 0.2) is 47.8 Å². The minimum atomic E-state index is -3.93. The number of nitrogens with zero attached hydrogens (tertiary/aromatic N) is 4. The highest BCUT2D eigenvalue weighted by atomic mass is 32.2. The molecule has 2 aromatic heterocycles. The quantitative estimate of drug-likeness (QED) is 0.503. The van der Waals surface area contributed by atoms with Gasteiger partial charge in [-0.05, 0) is 42.7 Å². The minimum absolute atomic E-state index is 0.0534. The fourth-order valence-electron chi connectivity index (χ4n) is 4.20. The highest BCUT2D eigenvalue weighted by Gasteiger charge is 2.33. The topological polar surface area (TPSA) is 140 Å². The molecule has 3 heterocycles. The molecular formula is C22H27N7O4S. The van der Waals surface area contributed by atoms with Crippen molar-refractivity contribution in [1.29, 1.82) is 0 Å². The van der Waals surface area contributed by atoms with Gasteiger partial charge in [-0.25, -0.2) is 27.9 Å². The predicted molar refractivity (Wildman–Crippen MR) is 128 cm³/mol. The van der Waals surface area contributed by atoms with E-state index in [1.807, 2.05) is 24.0 Å². The van der Waals surface area contributed by atoms with E-state index in [0.717, 1.165) is 30.2 Å². The first kappa shape index (κ1) is 23.5. The molecule has 0 bridgehead atoms. The number of carbonyl (C=O) groups excluding carboxylic acids is 2. The molecule has 1 aromatic carbocycles. The maximum absolute atomic E-state index is 13.0.